The zero-order valence-electron chi connectivity index (χ0n) is 12.7. The molecule has 1 amide bonds. The van der Waals surface area contributed by atoms with Gasteiger partial charge in [0.15, 0.2) is 0 Å². The number of hydrogen-bond acceptors (Lipinski definition) is 4. The molecule has 1 fully saturated rings. The molecule has 0 aliphatic carbocycles. The molecule has 0 saturated carbocycles. The van der Waals surface area contributed by atoms with E-state index in [0.29, 0.717) is 13.1 Å². The Morgan fingerprint density at radius 1 is 1.36 bits per heavy atom. The zero-order chi connectivity index (χ0) is 15.4. The predicted octanol–water partition coefficient (Wildman–Crippen LogP) is 3.27. The summed E-state index contributed by atoms with van der Waals surface area (Å²) in [6, 6.07) is 7.82. The predicted molar refractivity (Wildman–Crippen MR) is 87.0 cm³/mol. The Labute approximate surface area is 134 Å². The third-order valence-corrected chi connectivity index (χ3v) is 4.80. The fourth-order valence-electron chi connectivity index (χ4n) is 2.67. The van der Waals surface area contributed by atoms with E-state index in [1.54, 1.807) is 23.7 Å². The molecule has 1 unspecified atom stereocenters. The summed E-state index contributed by atoms with van der Waals surface area (Å²) in [5.74, 6) is 0.0883. The van der Waals surface area contributed by atoms with Gasteiger partial charge >= 0.3 is 0 Å². The van der Waals surface area contributed by atoms with Crippen molar-refractivity contribution < 1.29 is 9.53 Å². The maximum absolute atomic E-state index is 12.8. The molecule has 22 heavy (non-hydrogen) atoms. The van der Waals surface area contributed by atoms with E-state index in [9.17, 15) is 4.79 Å². The van der Waals surface area contributed by atoms with Crippen molar-refractivity contribution in [1.82, 2.24) is 9.88 Å². The summed E-state index contributed by atoms with van der Waals surface area (Å²) in [6.45, 7) is 4.07. The third-order valence-electron chi connectivity index (χ3n) is 3.81. The Hall–Kier alpha value is -1.72. The molecule has 2 aromatic rings. The molecule has 1 aliphatic heterocycles. The Morgan fingerprint density at radius 3 is 2.82 bits per heavy atom. The van der Waals surface area contributed by atoms with Gasteiger partial charge in [0.25, 0.3) is 5.91 Å². The number of thiophene rings is 1. The van der Waals surface area contributed by atoms with Crippen LogP contribution in [0.15, 0.2) is 36.7 Å². The largest absolute Gasteiger partial charge is 0.376 e. The van der Waals surface area contributed by atoms with Crippen molar-refractivity contribution in [3.63, 3.8) is 0 Å². The first-order valence-corrected chi connectivity index (χ1v) is 8.40. The normalized spacial score (nSPS) is 17.6. The van der Waals surface area contributed by atoms with Crippen LogP contribution in [0, 0.1) is 6.92 Å². The quantitative estimate of drug-likeness (QED) is 0.850. The third kappa shape index (κ3) is 3.72. The number of aryl methyl sites for hydroxylation is 1. The maximum Gasteiger partial charge on any atom is 0.264 e. The van der Waals surface area contributed by atoms with Gasteiger partial charge in [-0.05, 0) is 49.6 Å². The van der Waals surface area contributed by atoms with Crippen molar-refractivity contribution in [3.05, 3.63) is 52.0 Å². The first kappa shape index (κ1) is 15.2. The second-order valence-electron chi connectivity index (χ2n) is 5.59. The van der Waals surface area contributed by atoms with Crippen LogP contribution in [-0.4, -0.2) is 35.0 Å². The topological polar surface area (TPSA) is 42.4 Å². The van der Waals surface area contributed by atoms with Crippen molar-refractivity contribution in [2.75, 3.05) is 13.2 Å². The lowest BCUT2D eigenvalue weighted by molar-refractivity contribution is 0.0511. The van der Waals surface area contributed by atoms with Crippen LogP contribution < -0.4 is 0 Å². The van der Waals surface area contributed by atoms with E-state index in [1.807, 2.05) is 36.1 Å². The average Bonchev–Trinajstić information content (AvgIpc) is 3.18. The number of amides is 1. The number of carbonyl (C=O) groups is 1. The molecule has 1 saturated heterocycles. The number of pyridine rings is 1. The van der Waals surface area contributed by atoms with Crippen LogP contribution in [0.25, 0.3) is 0 Å². The lowest BCUT2D eigenvalue weighted by atomic mass is 10.2. The highest BCUT2D eigenvalue weighted by molar-refractivity contribution is 7.13. The highest BCUT2D eigenvalue weighted by atomic mass is 32.1. The van der Waals surface area contributed by atoms with Gasteiger partial charge in [0, 0.05) is 37.0 Å². The molecule has 1 aliphatic rings. The van der Waals surface area contributed by atoms with Gasteiger partial charge in [-0.1, -0.05) is 0 Å². The second-order valence-corrected chi connectivity index (χ2v) is 6.87. The van der Waals surface area contributed by atoms with E-state index >= 15 is 0 Å². The van der Waals surface area contributed by atoms with Gasteiger partial charge in [0.1, 0.15) is 0 Å². The van der Waals surface area contributed by atoms with Gasteiger partial charge in [-0.2, -0.15) is 0 Å². The molecule has 0 radical (unpaired) electrons. The van der Waals surface area contributed by atoms with Gasteiger partial charge in [0.2, 0.25) is 0 Å². The number of hydrogen-bond donors (Lipinski definition) is 0. The van der Waals surface area contributed by atoms with E-state index in [2.05, 4.69) is 4.98 Å². The molecule has 3 rings (SSSR count). The van der Waals surface area contributed by atoms with E-state index in [4.69, 9.17) is 4.74 Å². The van der Waals surface area contributed by atoms with Crippen molar-refractivity contribution in [1.29, 1.82) is 0 Å². The Morgan fingerprint density at radius 2 is 2.18 bits per heavy atom. The first-order valence-electron chi connectivity index (χ1n) is 7.58. The molecule has 3 heterocycles. The minimum Gasteiger partial charge on any atom is -0.376 e. The lowest BCUT2D eigenvalue weighted by Crippen LogP contribution is -2.36. The lowest BCUT2D eigenvalue weighted by Gasteiger charge is -2.25. The molecule has 0 N–H and O–H groups in total. The number of rotatable bonds is 5. The van der Waals surface area contributed by atoms with Crippen LogP contribution in [-0.2, 0) is 11.3 Å². The standard InChI is InChI=1S/C17H20N2O2S/c1-13-4-5-16(22-13)17(20)19(12-15-3-2-10-21-15)11-14-6-8-18-9-7-14/h4-9,15H,2-3,10-12H2,1H3. The summed E-state index contributed by atoms with van der Waals surface area (Å²) < 4.78 is 5.71. The fraction of sp³-hybridized carbons (Fsp3) is 0.412. The fourth-order valence-corrected chi connectivity index (χ4v) is 3.50. The molecule has 0 bridgehead atoms. The van der Waals surface area contributed by atoms with Gasteiger partial charge < -0.3 is 9.64 Å². The number of ether oxygens (including phenoxy) is 1. The molecule has 5 heteroatoms. The highest BCUT2D eigenvalue weighted by Gasteiger charge is 2.24. The Balaban J connectivity index is 1.76. The minimum atomic E-state index is 0.0883. The number of nitrogens with zero attached hydrogens (tertiary/aromatic N) is 2. The van der Waals surface area contributed by atoms with Crippen LogP contribution in [0.4, 0.5) is 0 Å². The molecular formula is C17H20N2O2S. The summed E-state index contributed by atoms with van der Waals surface area (Å²) in [6.07, 6.45) is 5.80. The van der Waals surface area contributed by atoms with Crippen molar-refractivity contribution in [2.24, 2.45) is 0 Å². The Kier molecular flexibility index (Phi) is 4.85. The zero-order valence-corrected chi connectivity index (χ0v) is 13.5. The maximum atomic E-state index is 12.8. The van der Waals surface area contributed by atoms with Gasteiger partial charge in [0.05, 0.1) is 11.0 Å². The van der Waals surface area contributed by atoms with Crippen LogP contribution in [0.2, 0.25) is 0 Å². The Bertz CT molecular complexity index is 621. The number of carbonyl (C=O) groups excluding carboxylic acids is 1. The summed E-state index contributed by atoms with van der Waals surface area (Å²) >= 11 is 1.55. The molecule has 4 nitrogen and oxygen atoms in total. The van der Waals surface area contributed by atoms with E-state index < -0.39 is 0 Å². The molecule has 1 atom stereocenters. The highest BCUT2D eigenvalue weighted by Crippen LogP contribution is 2.21. The van der Waals surface area contributed by atoms with Crippen LogP contribution in [0.1, 0.15) is 33.0 Å². The molecule has 116 valence electrons. The van der Waals surface area contributed by atoms with Gasteiger partial charge in [-0.3, -0.25) is 9.78 Å². The summed E-state index contributed by atoms with van der Waals surface area (Å²) in [5.41, 5.74) is 1.09. The van der Waals surface area contributed by atoms with Gasteiger partial charge in [-0.15, -0.1) is 11.3 Å². The van der Waals surface area contributed by atoms with E-state index in [1.165, 1.54) is 0 Å². The SMILES string of the molecule is Cc1ccc(C(=O)N(Cc2ccncc2)CC2CCCO2)s1. The monoisotopic (exact) mass is 316 g/mol. The summed E-state index contributed by atoms with van der Waals surface area (Å²) in [4.78, 5) is 20.7. The van der Waals surface area contributed by atoms with E-state index in [0.717, 1.165) is 34.8 Å². The van der Waals surface area contributed by atoms with Crippen molar-refractivity contribution in [2.45, 2.75) is 32.4 Å². The van der Waals surface area contributed by atoms with Gasteiger partial charge in [-0.25, -0.2) is 0 Å². The van der Waals surface area contributed by atoms with Crippen LogP contribution >= 0.6 is 11.3 Å². The van der Waals surface area contributed by atoms with Crippen LogP contribution in [0.5, 0.6) is 0 Å². The van der Waals surface area contributed by atoms with E-state index in [-0.39, 0.29) is 12.0 Å². The smallest absolute Gasteiger partial charge is 0.264 e. The second kappa shape index (κ2) is 7.03. The molecular weight excluding hydrogens is 296 g/mol. The number of aromatic nitrogens is 1. The summed E-state index contributed by atoms with van der Waals surface area (Å²) in [7, 11) is 0. The minimum absolute atomic E-state index is 0.0883. The van der Waals surface area contributed by atoms with Crippen molar-refractivity contribution >= 4 is 17.2 Å². The van der Waals surface area contributed by atoms with Crippen molar-refractivity contribution in [3.8, 4) is 0 Å². The average molecular weight is 316 g/mol. The van der Waals surface area contributed by atoms with Crippen LogP contribution in [0.3, 0.4) is 0 Å². The summed E-state index contributed by atoms with van der Waals surface area (Å²) in [5, 5.41) is 0. The first-order chi connectivity index (χ1) is 10.7. The molecule has 0 spiro atoms. The molecule has 2 aromatic heterocycles. The molecule has 0 aromatic carbocycles.